The van der Waals surface area contributed by atoms with Crippen molar-refractivity contribution < 1.29 is 4.79 Å². The standard InChI is InChI=1S/C10H19NO/c1-7-8(12)11-10(5,6)9(2,3)4/h7H,1H2,2-6H3,(H,11,12). The van der Waals surface area contributed by atoms with E-state index in [1.54, 1.807) is 0 Å². The number of carbonyl (C=O) groups excluding carboxylic acids is 1. The molecule has 0 fully saturated rings. The Balaban J connectivity index is 4.43. The second-order valence-corrected chi connectivity index (χ2v) is 4.57. The Morgan fingerprint density at radius 1 is 1.25 bits per heavy atom. The number of hydrogen-bond acceptors (Lipinski definition) is 1. The Hall–Kier alpha value is -0.790. The highest BCUT2D eigenvalue weighted by atomic mass is 16.1. The van der Waals surface area contributed by atoms with Gasteiger partial charge in [-0.3, -0.25) is 4.79 Å². The van der Waals surface area contributed by atoms with Crippen LogP contribution in [0.1, 0.15) is 34.6 Å². The first-order chi connectivity index (χ1) is 5.20. The summed E-state index contributed by atoms with van der Waals surface area (Å²) in [5.41, 5.74) is -0.163. The molecule has 70 valence electrons. The number of hydrogen-bond donors (Lipinski definition) is 1. The molecule has 0 aliphatic carbocycles. The van der Waals surface area contributed by atoms with E-state index >= 15 is 0 Å². The van der Waals surface area contributed by atoms with E-state index in [0.29, 0.717) is 0 Å². The Kier molecular flexibility index (Phi) is 3.08. The van der Waals surface area contributed by atoms with Gasteiger partial charge in [0.05, 0.1) is 0 Å². The fourth-order valence-corrected chi connectivity index (χ4v) is 0.547. The van der Waals surface area contributed by atoms with E-state index in [1.807, 2.05) is 13.8 Å². The van der Waals surface area contributed by atoms with Crippen molar-refractivity contribution in [2.75, 3.05) is 0 Å². The van der Waals surface area contributed by atoms with Crippen LogP contribution in [0.25, 0.3) is 0 Å². The van der Waals surface area contributed by atoms with Gasteiger partial charge in [0.2, 0.25) is 5.91 Å². The zero-order chi connectivity index (χ0) is 9.99. The summed E-state index contributed by atoms with van der Waals surface area (Å²) in [7, 11) is 0. The molecule has 0 heterocycles. The molecule has 0 saturated heterocycles. The third-order valence-corrected chi connectivity index (χ3v) is 2.50. The maximum Gasteiger partial charge on any atom is 0.243 e. The smallest absolute Gasteiger partial charge is 0.243 e. The van der Waals surface area contributed by atoms with Crippen LogP contribution >= 0.6 is 0 Å². The van der Waals surface area contributed by atoms with Crippen LogP contribution in [0, 0.1) is 5.41 Å². The monoisotopic (exact) mass is 169 g/mol. The SMILES string of the molecule is C=CC(=O)NC(C)(C)C(C)(C)C. The molecular formula is C10H19NO. The lowest BCUT2D eigenvalue weighted by Gasteiger charge is -2.39. The molecule has 0 atom stereocenters. The Morgan fingerprint density at radius 3 is 1.92 bits per heavy atom. The summed E-state index contributed by atoms with van der Waals surface area (Å²) in [5, 5.41) is 2.89. The summed E-state index contributed by atoms with van der Waals surface area (Å²) in [6.45, 7) is 13.7. The molecule has 0 rings (SSSR count). The highest BCUT2D eigenvalue weighted by Crippen LogP contribution is 2.29. The van der Waals surface area contributed by atoms with Gasteiger partial charge in [-0.2, -0.15) is 0 Å². The summed E-state index contributed by atoms with van der Waals surface area (Å²) in [4.78, 5) is 11.0. The summed E-state index contributed by atoms with van der Waals surface area (Å²) < 4.78 is 0. The van der Waals surface area contributed by atoms with Gasteiger partial charge in [-0.15, -0.1) is 0 Å². The summed E-state index contributed by atoms with van der Waals surface area (Å²) in [6.07, 6.45) is 1.30. The molecule has 0 saturated carbocycles. The van der Waals surface area contributed by atoms with Crippen molar-refractivity contribution in [2.24, 2.45) is 5.41 Å². The highest BCUT2D eigenvalue weighted by Gasteiger charge is 2.33. The zero-order valence-corrected chi connectivity index (χ0v) is 8.69. The molecule has 0 aromatic rings. The van der Waals surface area contributed by atoms with Crippen molar-refractivity contribution in [3.05, 3.63) is 12.7 Å². The predicted octanol–water partition coefficient (Wildman–Crippen LogP) is 2.11. The molecule has 12 heavy (non-hydrogen) atoms. The van der Waals surface area contributed by atoms with Crippen LogP contribution in [0.3, 0.4) is 0 Å². The molecule has 0 aliphatic heterocycles. The molecule has 1 amide bonds. The molecule has 0 aromatic carbocycles. The molecule has 0 spiro atoms. The van der Waals surface area contributed by atoms with E-state index in [2.05, 4.69) is 32.7 Å². The van der Waals surface area contributed by atoms with Crippen molar-refractivity contribution >= 4 is 5.91 Å². The average molecular weight is 169 g/mol. The second kappa shape index (κ2) is 3.30. The molecule has 2 nitrogen and oxygen atoms in total. The van der Waals surface area contributed by atoms with Gasteiger partial charge in [-0.25, -0.2) is 0 Å². The van der Waals surface area contributed by atoms with Crippen LogP contribution in [-0.2, 0) is 4.79 Å². The quantitative estimate of drug-likeness (QED) is 0.630. The number of rotatable bonds is 2. The summed E-state index contributed by atoms with van der Waals surface area (Å²) in [6, 6.07) is 0. The van der Waals surface area contributed by atoms with Crippen LogP contribution in [0.5, 0.6) is 0 Å². The largest absolute Gasteiger partial charge is 0.347 e. The molecular weight excluding hydrogens is 150 g/mol. The Labute approximate surface area is 75.0 Å². The molecule has 0 aliphatic rings. The van der Waals surface area contributed by atoms with E-state index in [-0.39, 0.29) is 16.9 Å². The van der Waals surface area contributed by atoms with Crippen molar-refractivity contribution in [3.63, 3.8) is 0 Å². The molecule has 1 N–H and O–H groups in total. The maximum absolute atomic E-state index is 11.0. The number of nitrogens with one attached hydrogen (secondary N) is 1. The lowest BCUT2D eigenvalue weighted by atomic mass is 9.76. The minimum atomic E-state index is -0.210. The van der Waals surface area contributed by atoms with E-state index in [4.69, 9.17) is 0 Å². The van der Waals surface area contributed by atoms with Gasteiger partial charge >= 0.3 is 0 Å². The molecule has 0 radical (unpaired) electrons. The van der Waals surface area contributed by atoms with Crippen molar-refractivity contribution in [2.45, 2.75) is 40.2 Å². The first-order valence-corrected chi connectivity index (χ1v) is 4.15. The lowest BCUT2D eigenvalue weighted by molar-refractivity contribution is -0.119. The highest BCUT2D eigenvalue weighted by molar-refractivity contribution is 5.87. The summed E-state index contributed by atoms with van der Waals surface area (Å²) in [5.74, 6) is -0.116. The third-order valence-electron chi connectivity index (χ3n) is 2.50. The fraction of sp³-hybridized carbons (Fsp3) is 0.700. The molecule has 0 aromatic heterocycles. The van der Waals surface area contributed by atoms with Crippen molar-refractivity contribution in [1.82, 2.24) is 5.32 Å². The first kappa shape index (κ1) is 11.2. The van der Waals surface area contributed by atoms with Crippen LogP contribution in [0.15, 0.2) is 12.7 Å². The lowest BCUT2D eigenvalue weighted by Crippen LogP contribution is -2.52. The van der Waals surface area contributed by atoms with Crippen molar-refractivity contribution in [1.29, 1.82) is 0 Å². The van der Waals surface area contributed by atoms with Gasteiger partial charge in [0.15, 0.2) is 0 Å². The number of amides is 1. The average Bonchev–Trinajstić information content (AvgIpc) is 1.84. The molecule has 2 heteroatoms. The fourth-order valence-electron chi connectivity index (χ4n) is 0.547. The van der Waals surface area contributed by atoms with E-state index in [0.717, 1.165) is 0 Å². The van der Waals surface area contributed by atoms with Gasteiger partial charge in [-0.1, -0.05) is 27.4 Å². The van der Waals surface area contributed by atoms with Crippen LogP contribution in [0.4, 0.5) is 0 Å². The molecule has 0 unspecified atom stereocenters. The van der Waals surface area contributed by atoms with E-state index in [1.165, 1.54) is 6.08 Å². The van der Waals surface area contributed by atoms with Crippen molar-refractivity contribution in [3.8, 4) is 0 Å². The van der Waals surface area contributed by atoms with Gasteiger partial charge in [0.1, 0.15) is 0 Å². The predicted molar refractivity (Wildman–Crippen MR) is 51.9 cm³/mol. The Morgan fingerprint density at radius 2 is 1.67 bits per heavy atom. The maximum atomic E-state index is 11.0. The van der Waals surface area contributed by atoms with Crippen LogP contribution < -0.4 is 5.32 Å². The van der Waals surface area contributed by atoms with Gasteiger partial charge in [0, 0.05) is 5.54 Å². The van der Waals surface area contributed by atoms with E-state index < -0.39 is 0 Å². The van der Waals surface area contributed by atoms with Gasteiger partial charge in [0.25, 0.3) is 0 Å². The van der Waals surface area contributed by atoms with Gasteiger partial charge < -0.3 is 5.32 Å². The summed E-state index contributed by atoms with van der Waals surface area (Å²) >= 11 is 0. The van der Waals surface area contributed by atoms with Gasteiger partial charge in [-0.05, 0) is 25.3 Å². The molecule has 0 bridgehead atoms. The Bertz CT molecular complexity index is 187. The first-order valence-electron chi connectivity index (χ1n) is 4.15. The van der Waals surface area contributed by atoms with E-state index in [9.17, 15) is 4.79 Å². The minimum absolute atomic E-state index is 0.0473. The number of carbonyl (C=O) groups is 1. The van der Waals surface area contributed by atoms with Crippen LogP contribution in [0.2, 0.25) is 0 Å². The zero-order valence-electron chi connectivity index (χ0n) is 8.69. The normalized spacial score (nSPS) is 12.4. The minimum Gasteiger partial charge on any atom is -0.347 e. The second-order valence-electron chi connectivity index (χ2n) is 4.57. The topological polar surface area (TPSA) is 29.1 Å². The third kappa shape index (κ3) is 2.68. The van der Waals surface area contributed by atoms with Crippen LogP contribution in [-0.4, -0.2) is 11.4 Å².